The number of fused-ring (bicyclic) bond motifs is 1. The highest BCUT2D eigenvalue weighted by Crippen LogP contribution is 2.33. The molecular weight excluding hydrogens is 338 g/mol. The molecule has 0 spiro atoms. The first-order valence-corrected chi connectivity index (χ1v) is 8.78. The standard InChI is InChI=1S/C19H20F2N4O/c1-24-2-4-25(5-3-24)19-22-11-16-17(23-19)8-13(9-18(16)26)12-6-14(20)10-15(21)7-12/h6-7,10-11,13H,2-5,8-9H2,1H3/t13-/m1/s1. The van der Waals surface area contributed by atoms with Crippen LogP contribution in [0.2, 0.25) is 0 Å². The van der Waals surface area contributed by atoms with Gasteiger partial charge in [-0.15, -0.1) is 0 Å². The van der Waals surface area contributed by atoms with Gasteiger partial charge in [-0.1, -0.05) is 0 Å². The molecule has 0 saturated carbocycles. The quantitative estimate of drug-likeness (QED) is 0.825. The third kappa shape index (κ3) is 3.31. The van der Waals surface area contributed by atoms with Gasteiger partial charge in [0.15, 0.2) is 5.78 Å². The second kappa shape index (κ2) is 6.72. The van der Waals surface area contributed by atoms with Gasteiger partial charge in [-0.3, -0.25) is 4.79 Å². The van der Waals surface area contributed by atoms with Crippen molar-refractivity contribution < 1.29 is 13.6 Å². The predicted molar refractivity (Wildman–Crippen MR) is 93.5 cm³/mol. The van der Waals surface area contributed by atoms with Crippen LogP contribution in [0.3, 0.4) is 0 Å². The number of halogens is 2. The number of hydrogen-bond acceptors (Lipinski definition) is 5. The van der Waals surface area contributed by atoms with Crippen LogP contribution < -0.4 is 4.90 Å². The molecular formula is C19H20F2N4O. The Morgan fingerprint density at radius 1 is 1.04 bits per heavy atom. The Kier molecular flexibility index (Phi) is 4.40. The van der Waals surface area contributed by atoms with Gasteiger partial charge in [0, 0.05) is 44.9 Å². The van der Waals surface area contributed by atoms with E-state index in [1.165, 1.54) is 12.1 Å². The summed E-state index contributed by atoms with van der Waals surface area (Å²) >= 11 is 0. The largest absolute Gasteiger partial charge is 0.338 e. The summed E-state index contributed by atoms with van der Waals surface area (Å²) in [7, 11) is 2.08. The minimum atomic E-state index is -0.626. The Morgan fingerprint density at radius 3 is 2.42 bits per heavy atom. The molecule has 1 aromatic heterocycles. The summed E-state index contributed by atoms with van der Waals surface area (Å²) in [5.74, 6) is -0.977. The molecule has 4 rings (SSSR count). The fourth-order valence-electron chi connectivity index (χ4n) is 3.64. The number of ketones is 1. The van der Waals surface area contributed by atoms with E-state index in [0.717, 1.165) is 32.2 Å². The number of Topliss-reactive ketones (excluding diaryl/α,β-unsaturated/α-hetero) is 1. The number of hydrogen-bond donors (Lipinski definition) is 0. The monoisotopic (exact) mass is 358 g/mol. The molecule has 7 heteroatoms. The molecule has 0 bridgehead atoms. The average Bonchev–Trinajstić information content (AvgIpc) is 2.61. The van der Waals surface area contributed by atoms with Crippen molar-refractivity contribution >= 4 is 11.7 Å². The number of carbonyl (C=O) groups excluding carboxylic acids is 1. The third-order valence-corrected chi connectivity index (χ3v) is 5.17. The van der Waals surface area contributed by atoms with Gasteiger partial charge in [0.05, 0.1) is 11.3 Å². The highest BCUT2D eigenvalue weighted by atomic mass is 19.1. The zero-order chi connectivity index (χ0) is 18.3. The molecule has 0 unspecified atom stereocenters. The Labute approximate surface area is 150 Å². The lowest BCUT2D eigenvalue weighted by Gasteiger charge is -2.33. The molecule has 2 aromatic rings. The molecule has 0 N–H and O–H groups in total. The first kappa shape index (κ1) is 17.0. The number of likely N-dealkylation sites (N-methyl/N-ethyl adjacent to an activating group) is 1. The maximum absolute atomic E-state index is 13.6. The molecule has 0 amide bonds. The lowest BCUT2D eigenvalue weighted by atomic mass is 9.82. The lowest BCUT2D eigenvalue weighted by molar-refractivity contribution is 0.0962. The van der Waals surface area contributed by atoms with Crippen molar-refractivity contribution in [2.24, 2.45) is 0 Å². The van der Waals surface area contributed by atoms with Gasteiger partial charge in [-0.25, -0.2) is 18.7 Å². The van der Waals surface area contributed by atoms with Crippen LogP contribution in [0.4, 0.5) is 14.7 Å². The van der Waals surface area contributed by atoms with Gasteiger partial charge >= 0.3 is 0 Å². The van der Waals surface area contributed by atoms with Crippen LogP contribution in [0.25, 0.3) is 0 Å². The highest BCUT2D eigenvalue weighted by molar-refractivity contribution is 5.98. The van der Waals surface area contributed by atoms with Gasteiger partial charge < -0.3 is 9.80 Å². The molecule has 26 heavy (non-hydrogen) atoms. The Hall–Kier alpha value is -2.41. The molecule has 5 nitrogen and oxygen atoms in total. The predicted octanol–water partition coefficient (Wildman–Crippen LogP) is 2.42. The summed E-state index contributed by atoms with van der Waals surface area (Å²) in [4.78, 5) is 25.8. The molecule has 1 aliphatic carbocycles. The highest BCUT2D eigenvalue weighted by Gasteiger charge is 2.29. The summed E-state index contributed by atoms with van der Waals surface area (Å²) in [6.45, 7) is 3.54. The van der Waals surface area contributed by atoms with E-state index < -0.39 is 11.6 Å². The number of anilines is 1. The van der Waals surface area contributed by atoms with Crippen molar-refractivity contribution in [2.75, 3.05) is 38.1 Å². The number of nitrogens with zero attached hydrogens (tertiary/aromatic N) is 4. The number of benzene rings is 1. The minimum Gasteiger partial charge on any atom is -0.338 e. The van der Waals surface area contributed by atoms with E-state index in [2.05, 4.69) is 26.8 Å². The first-order valence-electron chi connectivity index (χ1n) is 8.78. The molecule has 2 heterocycles. The van der Waals surface area contributed by atoms with Crippen LogP contribution in [-0.2, 0) is 6.42 Å². The molecule has 1 fully saturated rings. The summed E-state index contributed by atoms with van der Waals surface area (Å²) in [5.41, 5.74) is 1.69. The van der Waals surface area contributed by atoms with E-state index in [0.29, 0.717) is 29.2 Å². The number of aromatic nitrogens is 2. The van der Waals surface area contributed by atoms with E-state index in [9.17, 15) is 13.6 Å². The zero-order valence-electron chi connectivity index (χ0n) is 14.6. The molecule has 1 aromatic carbocycles. The van der Waals surface area contributed by atoms with Crippen LogP contribution in [0.1, 0.15) is 34.0 Å². The molecule has 1 atom stereocenters. The van der Waals surface area contributed by atoms with Crippen molar-refractivity contribution in [1.29, 1.82) is 0 Å². The molecule has 2 aliphatic rings. The Balaban J connectivity index is 1.62. The second-order valence-electron chi connectivity index (χ2n) is 7.05. The van der Waals surface area contributed by atoms with Crippen molar-refractivity contribution in [3.8, 4) is 0 Å². The van der Waals surface area contributed by atoms with Crippen LogP contribution in [-0.4, -0.2) is 53.9 Å². The van der Waals surface area contributed by atoms with Crippen molar-refractivity contribution in [3.63, 3.8) is 0 Å². The van der Waals surface area contributed by atoms with Crippen LogP contribution in [0.5, 0.6) is 0 Å². The van der Waals surface area contributed by atoms with Crippen molar-refractivity contribution in [1.82, 2.24) is 14.9 Å². The van der Waals surface area contributed by atoms with Crippen molar-refractivity contribution in [2.45, 2.75) is 18.8 Å². The third-order valence-electron chi connectivity index (χ3n) is 5.17. The van der Waals surface area contributed by atoms with Gasteiger partial charge in [-0.05, 0) is 37.1 Å². The lowest BCUT2D eigenvalue weighted by Crippen LogP contribution is -2.45. The smallest absolute Gasteiger partial charge is 0.225 e. The van der Waals surface area contributed by atoms with Crippen molar-refractivity contribution in [3.05, 3.63) is 52.9 Å². The van der Waals surface area contributed by atoms with Gasteiger partial charge in [0.1, 0.15) is 11.6 Å². The maximum atomic E-state index is 13.6. The van der Waals surface area contributed by atoms with Gasteiger partial charge in [0.25, 0.3) is 0 Å². The maximum Gasteiger partial charge on any atom is 0.225 e. The second-order valence-corrected chi connectivity index (χ2v) is 7.05. The summed E-state index contributed by atoms with van der Waals surface area (Å²) in [6.07, 6.45) is 2.29. The summed E-state index contributed by atoms with van der Waals surface area (Å²) in [6, 6.07) is 3.44. The topological polar surface area (TPSA) is 49.3 Å². The average molecular weight is 358 g/mol. The number of carbonyl (C=O) groups is 1. The fraction of sp³-hybridized carbons (Fsp3) is 0.421. The van der Waals surface area contributed by atoms with Gasteiger partial charge in [-0.2, -0.15) is 0 Å². The fourth-order valence-corrected chi connectivity index (χ4v) is 3.64. The number of piperazine rings is 1. The van der Waals surface area contributed by atoms with Crippen LogP contribution in [0.15, 0.2) is 24.4 Å². The number of rotatable bonds is 2. The van der Waals surface area contributed by atoms with E-state index in [1.807, 2.05) is 0 Å². The molecule has 136 valence electrons. The molecule has 1 saturated heterocycles. The molecule has 0 radical (unpaired) electrons. The summed E-state index contributed by atoms with van der Waals surface area (Å²) in [5, 5.41) is 0. The first-order chi connectivity index (χ1) is 12.5. The van der Waals surface area contributed by atoms with E-state index in [-0.39, 0.29) is 18.1 Å². The summed E-state index contributed by atoms with van der Waals surface area (Å²) < 4.78 is 27.1. The SMILES string of the molecule is CN1CCN(c2ncc3c(n2)C[C@@H](c2cc(F)cc(F)c2)CC3=O)CC1. The van der Waals surface area contributed by atoms with E-state index >= 15 is 0 Å². The minimum absolute atomic E-state index is 0.0779. The normalized spacial score (nSPS) is 21.0. The van der Waals surface area contributed by atoms with Crippen LogP contribution >= 0.6 is 0 Å². The van der Waals surface area contributed by atoms with Gasteiger partial charge in [0.2, 0.25) is 5.95 Å². The Morgan fingerprint density at radius 2 is 1.73 bits per heavy atom. The van der Waals surface area contributed by atoms with E-state index in [4.69, 9.17) is 0 Å². The van der Waals surface area contributed by atoms with Crippen LogP contribution in [0, 0.1) is 11.6 Å². The van der Waals surface area contributed by atoms with E-state index in [1.54, 1.807) is 6.20 Å². The Bertz CT molecular complexity index is 829. The zero-order valence-corrected chi connectivity index (χ0v) is 14.6. The molecule has 1 aliphatic heterocycles.